The molecule has 0 unspecified atom stereocenters. The fraction of sp³-hybridized carbons (Fsp3) is 0.750. The summed E-state index contributed by atoms with van der Waals surface area (Å²) in [6, 6.07) is 0. The van der Waals surface area contributed by atoms with Gasteiger partial charge < -0.3 is 10.1 Å². The first-order chi connectivity index (χ1) is 4.77. The summed E-state index contributed by atoms with van der Waals surface area (Å²) < 4.78 is 0. The highest BCUT2D eigenvalue weighted by molar-refractivity contribution is 4.43. The van der Waals surface area contributed by atoms with Crippen LogP contribution in [0.15, 0.2) is 10.3 Å². The zero-order valence-corrected chi connectivity index (χ0v) is 5.49. The fourth-order valence-corrected chi connectivity index (χ4v) is 0.337. The van der Waals surface area contributed by atoms with Crippen molar-refractivity contribution < 1.29 is 5.03 Å². The number of nitro groups is 1. The van der Waals surface area contributed by atoms with Crippen molar-refractivity contribution in [2.45, 2.75) is 6.42 Å². The molecule has 0 saturated carbocycles. The van der Waals surface area contributed by atoms with Gasteiger partial charge in [0.25, 0.3) is 0 Å². The lowest BCUT2D eigenvalue weighted by atomic mass is 10.5. The van der Waals surface area contributed by atoms with Crippen LogP contribution in [-0.4, -0.2) is 18.2 Å². The number of hydrogen-bond acceptors (Lipinski definition) is 4. The Morgan fingerprint density at radius 3 is 2.90 bits per heavy atom. The van der Waals surface area contributed by atoms with Crippen LogP contribution in [-0.2, 0) is 0 Å². The van der Waals surface area contributed by atoms with E-state index < -0.39 is 5.03 Å². The second-order valence-corrected chi connectivity index (χ2v) is 1.48. The second-order valence-electron chi connectivity index (χ2n) is 1.48. The fourth-order valence-electron chi connectivity index (χ4n) is 0.337. The molecule has 0 aliphatic carbocycles. The molecule has 1 N–H and O–H groups in total. The van der Waals surface area contributed by atoms with E-state index in [-0.39, 0.29) is 6.67 Å². The molecule has 0 aliphatic rings. The normalized spacial score (nSPS) is 10.5. The Balaban J connectivity index is 3.10. The molecule has 0 aliphatic heterocycles. The molecule has 57 valence electrons. The molecule has 1 radical (unpaired) electrons. The van der Waals surface area contributed by atoms with Crippen molar-refractivity contribution in [1.29, 1.82) is 0 Å². The molecule has 0 aromatic carbocycles. The molecule has 10 heavy (non-hydrogen) atoms. The predicted molar refractivity (Wildman–Crippen MR) is 34.7 cm³/mol. The quantitative estimate of drug-likeness (QED) is 0.263. The van der Waals surface area contributed by atoms with E-state index >= 15 is 0 Å². The smallest absolute Gasteiger partial charge is 0.209 e. The van der Waals surface area contributed by atoms with E-state index in [9.17, 15) is 10.1 Å². The first kappa shape index (κ1) is 8.96. The molecule has 0 saturated heterocycles. The van der Waals surface area contributed by atoms with Crippen molar-refractivity contribution in [3.8, 4) is 0 Å². The summed E-state index contributed by atoms with van der Waals surface area (Å²) in [5.74, 6) is 0. The zero-order chi connectivity index (χ0) is 7.82. The Morgan fingerprint density at radius 1 is 1.70 bits per heavy atom. The van der Waals surface area contributed by atoms with Gasteiger partial charge in [-0.05, 0) is 13.0 Å². The Labute approximate surface area is 58.5 Å². The average Bonchev–Trinajstić information content (AvgIpc) is 1.87. The Morgan fingerprint density at radius 2 is 2.40 bits per heavy atom. The SMILES string of the molecule is [CH2]CCNCN=N[N+](=O)[O-]. The molecule has 0 aromatic rings. The second kappa shape index (κ2) is 6.09. The Kier molecular flexibility index (Phi) is 5.45. The number of hydrogen-bond donors (Lipinski definition) is 1. The van der Waals surface area contributed by atoms with Gasteiger partial charge in [-0.3, -0.25) is 5.32 Å². The standard InChI is InChI=1S/C4H9N4O2/c1-2-3-5-4-6-7-8(9)10/h5H,1-4H2. The van der Waals surface area contributed by atoms with Crippen LogP contribution >= 0.6 is 0 Å². The summed E-state index contributed by atoms with van der Waals surface area (Å²) in [5, 5.41) is 17.3. The number of rotatable bonds is 5. The van der Waals surface area contributed by atoms with Crippen molar-refractivity contribution in [3.63, 3.8) is 0 Å². The van der Waals surface area contributed by atoms with E-state index in [4.69, 9.17) is 0 Å². The van der Waals surface area contributed by atoms with Gasteiger partial charge in [-0.2, -0.15) is 0 Å². The monoisotopic (exact) mass is 145 g/mol. The van der Waals surface area contributed by atoms with Gasteiger partial charge in [-0.1, -0.05) is 6.92 Å². The molecule has 0 aromatic heterocycles. The van der Waals surface area contributed by atoms with E-state index in [0.29, 0.717) is 6.54 Å². The maximum absolute atomic E-state index is 9.54. The molecule has 0 heterocycles. The topological polar surface area (TPSA) is 79.9 Å². The van der Waals surface area contributed by atoms with Crippen LogP contribution in [0.3, 0.4) is 0 Å². The van der Waals surface area contributed by atoms with E-state index in [0.717, 1.165) is 6.42 Å². The molecule has 0 spiro atoms. The van der Waals surface area contributed by atoms with Gasteiger partial charge in [-0.25, -0.2) is 0 Å². The largest absolute Gasteiger partial charge is 0.337 e. The van der Waals surface area contributed by atoms with Gasteiger partial charge in [0.05, 0.1) is 10.1 Å². The third-order valence-corrected chi connectivity index (χ3v) is 0.672. The minimum Gasteiger partial charge on any atom is -0.337 e. The molecule has 6 heteroatoms. The van der Waals surface area contributed by atoms with Crippen LogP contribution in [0, 0.1) is 17.0 Å². The average molecular weight is 145 g/mol. The Hall–Kier alpha value is -1.04. The Bertz CT molecular complexity index is 124. The molecule has 0 rings (SSSR count). The molecule has 0 bridgehead atoms. The van der Waals surface area contributed by atoms with E-state index in [2.05, 4.69) is 22.6 Å². The van der Waals surface area contributed by atoms with Gasteiger partial charge >= 0.3 is 0 Å². The van der Waals surface area contributed by atoms with Gasteiger partial charge in [0.2, 0.25) is 6.67 Å². The summed E-state index contributed by atoms with van der Waals surface area (Å²) in [4.78, 5) is 9.54. The van der Waals surface area contributed by atoms with Crippen LogP contribution in [0.2, 0.25) is 0 Å². The van der Waals surface area contributed by atoms with Crippen LogP contribution in [0.4, 0.5) is 0 Å². The highest BCUT2D eigenvalue weighted by Gasteiger charge is 1.87. The van der Waals surface area contributed by atoms with E-state index in [1.54, 1.807) is 0 Å². The van der Waals surface area contributed by atoms with Crippen molar-refractivity contribution >= 4 is 0 Å². The summed E-state index contributed by atoms with van der Waals surface area (Å²) in [5.41, 5.74) is 0. The van der Waals surface area contributed by atoms with Crippen molar-refractivity contribution in [3.05, 3.63) is 17.0 Å². The van der Waals surface area contributed by atoms with Gasteiger partial charge in [0.15, 0.2) is 5.22 Å². The lowest BCUT2D eigenvalue weighted by Gasteiger charge is -1.88. The van der Waals surface area contributed by atoms with Gasteiger partial charge in [0, 0.05) is 0 Å². The van der Waals surface area contributed by atoms with Gasteiger partial charge in [-0.15, -0.1) is 0 Å². The third-order valence-electron chi connectivity index (χ3n) is 0.672. The number of nitrogens with zero attached hydrogens (tertiary/aromatic N) is 3. The van der Waals surface area contributed by atoms with Crippen molar-refractivity contribution in [2.75, 3.05) is 13.2 Å². The molecule has 6 nitrogen and oxygen atoms in total. The minimum absolute atomic E-state index is 0.177. The van der Waals surface area contributed by atoms with Crippen LogP contribution < -0.4 is 5.32 Å². The summed E-state index contributed by atoms with van der Waals surface area (Å²) in [6.07, 6.45) is 0.730. The number of nitrogens with one attached hydrogen (secondary N) is 1. The highest BCUT2D eigenvalue weighted by Crippen LogP contribution is 1.74. The summed E-state index contributed by atoms with van der Waals surface area (Å²) in [7, 11) is 0. The van der Waals surface area contributed by atoms with E-state index in [1.165, 1.54) is 0 Å². The summed E-state index contributed by atoms with van der Waals surface area (Å²) >= 11 is 0. The lowest BCUT2D eigenvalue weighted by molar-refractivity contribution is -0.494. The lowest BCUT2D eigenvalue weighted by Crippen LogP contribution is -2.13. The van der Waals surface area contributed by atoms with E-state index in [1.807, 2.05) is 0 Å². The molecule has 0 fully saturated rings. The highest BCUT2D eigenvalue weighted by atomic mass is 16.7. The van der Waals surface area contributed by atoms with Crippen molar-refractivity contribution in [1.82, 2.24) is 5.32 Å². The molecular formula is C4H9N4O2. The first-order valence-corrected chi connectivity index (χ1v) is 2.79. The van der Waals surface area contributed by atoms with Crippen molar-refractivity contribution in [2.24, 2.45) is 10.3 Å². The summed E-state index contributed by atoms with van der Waals surface area (Å²) in [6.45, 7) is 4.42. The minimum atomic E-state index is -0.841. The van der Waals surface area contributed by atoms with Crippen LogP contribution in [0.5, 0.6) is 0 Å². The zero-order valence-electron chi connectivity index (χ0n) is 5.49. The first-order valence-electron chi connectivity index (χ1n) is 2.79. The predicted octanol–water partition coefficient (Wildman–Crippen LogP) is 0.402. The van der Waals surface area contributed by atoms with Crippen LogP contribution in [0.1, 0.15) is 6.42 Å². The maximum Gasteiger partial charge on any atom is 0.209 e. The molecule has 0 amide bonds. The third kappa shape index (κ3) is 6.96. The molecule has 0 atom stereocenters. The van der Waals surface area contributed by atoms with Crippen LogP contribution in [0.25, 0.3) is 0 Å². The van der Waals surface area contributed by atoms with Gasteiger partial charge in [0.1, 0.15) is 0 Å². The maximum atomic E-state index is 9.54. The molecular weight excluding hydrogens is 136 g/mol.